The highest BCUT2D eigenvalue weighted by Crippen LogP contribution is 2.37. The van der Waals surface area contributed by atoms with Crippen LogP contribution in [0.2, 0.25) is 0 Å². The minimum Gasteiger partial charge on any atom is -0.354 e. The summed E-state index contributed by atoms with van der Waals surface area (Å²) in [6.07, 6.45) is 9.56. The van der Waals surface area contributed by atoms with Crippen LogP contribution in [0.5, 0.6) is 0 Å². The standard InChI is InChI=1S/C29H40N2O/c1-8-10-25(17-21(6)20(5)9-2)29-28(19(3)4)26-18-24(11-12-27(26)30-29)23-13-15-31(16-14-23)22(7)32/h8,10-12,17-20,23,30H,1,9,13-16H2,2-7H3/b21-17-,25-10+. The van der Waals surface area contributed by atoms with Crippen LogP contribution in [0.3, 0.4) is 0 Å². The normalized spacial score (nSPS) is 17.3. The molecule has 1 N–H and O–H groups in total. The minimum atomic E-state index is 0.193. The molecule has 1 amide bonds. The van der Waals surface area contributed by atoms with E-state index in [2.05, 4.69) is 76.5 Å². The van der Waals surface area contributed by atoms with Gasteiger partial charge in [-0.1, -0.05) is 64.1 Å². The van der Waals surface area contributed by atoms with Crippen molar-refractivity contribution in [2.75, 3.05) is 13.1 Å². The van der Waals surface area contributed by atoms with Gasteiger partial charge in [0.2, 0.25) is 5.91 Å². The number of hydrogen-bond acceptors (Lipinski definition) is 1. The average Bonchev–Trinajstić information content (AvgIpc) is 3.17. The molecule has 1 atom stereocenters. The van der Waals surface area contributed by atoms with E-state index in [1.54, 1.807) is 6.92 Å². The van der Waals surface area contributed by atoms with Gasteiger partial charge in [-0.25, -0.2) is 0 Å². The van der Waals surface area contributed by atoms with Gasteiger partial charge >= 0.3 is 0 Å². The third-order valence-electron chi connectivity index (χ3n) is 7.21. The number of aromatic nitrogens is 1. The molecule has 3 rings (SSSR count). The second-order valence-corrected chi connectivity index (χ2v) is 9.71. The number of allylic oxidation sites excluding steroid dienone is 5. The van der Waals surface area contributed by atoms with Crippen molar-refractivity contribution < 1.29 is 4.79 Å². The van der Waals surface area contributed by atoms with Crippen LogP contribution in [0.25, 0.3) is 16.5 Å². The number of fused-ring (bicyclic) bond motifs is 1. The highest BCUT2D eigenvalue weighted by molar-refractivity contribution is 5.92. The summed E-state index contributed by atoms with van der Waals surface area (Å²) in [7, 11) is 0. The number of H-pyrrole nitrogens is 1. The fourth-order valence-electron chi connectivity index (χ4n) is 4.88. The molecule has 1 saturated heterocycles. The lowest BCUT2D eigenvalue weighted by molar-refractivity contribution is -0.129. The first-order valence-electron chi connectivity index (χ1n) is 12.2. The maximum atomic E-state index is 11.7. The Balaban J connectivity index is 2.04. The summed E-state index contributed by atoms with van der Waals surface area (Å²) in [5.41, 5.74) is 7.78. The van der Waals surface area contributed by atoms with Gasteiger partial charge in [-0.05, 0) is 72.8 Å². The number of rotatable bonds is 7. The molecule has 0 radical (unpaired) electrons. The van der Waals surface area contributed by atoms with Gasteiger partial charge in [0.05, 0.1) is 0 Å². The lowest BCUT2D eigenvalue weighted by atomic mass is 9.87. The highest BCUT2D eigenvalue weighted by Gasteiger charge is 2.24. The lowest BCUT2D eigenvalue weighted by Gasteiger charge is -2.31. The molecule has 0 bridgehead atoms. The van der Waals surface area contributed by atoms with Crippen molar-refractivity contribution in [1.82, 2.24) is 9.88 Å². The van der Waals surface area contributed by atoms with Crippen LogP contribution in [-0.4, -0.2) is 28.9 Å². The van der Waals surface area contributed by atoms with Crippen LogP contribution >= 0.6 is 0 Å². The van der Waals surface area contributed by atoms with Crippen LogP contribution in [0.4, 0.5) is 0 Å². The SMILES string of the molecule is C=C/C=C(\C=C(\C)C(C)CC)c1[nH]c2ccc(C3CCN(C(C)=O)CC3)cc2c1C(C)C. The van der Waals surface area contributed by atoms with Crippen molar-refractivity contribution in [2.24, 2.45) is 5.92 Å². The Bertz CT molecular complexity index is 1030. The molecule has 1 aromatic heterocycles. The van der Waals surface area contributed by atoms with E-state index in [1.807, 2.05) is 11.0 Å². The molecule has 1 aliphatic rings. The highest BCUT2D eigenvalue weighted by atomic mass is 16.2. The van der Waals surface area contributed by atoms with Crippen molar-refractivity contribution in [3.05, 3.63) is 65.4 Å². The third kappa shape index (κ3) is 5.09. The second-order valence-electron chi connectivity index (χ2n) is 9.71. The first-order valence-corrected chi connectivity index (χ1v) is 12.2. The van der Waals surface area contributed by atoms with Crippen LogP contribution < -0.4 is 0 Å². The van der Waals surface area contributed by atoms with Gasteiger partial charge in [0.25, 0.3) is 0 Å². The van der Waals surface area contributed by atoms with Gasteiger partial charge in [0.15, 0.2) is 0 Å². The fourth-order valence-corrected chi connectivity index (χ4v) is 4.88. The number of amides is 1. The third-order valence-corrected chi connectivity index (χ3v) is 7.21. The summed E-state index contributed by atoms with van der Waals surface area (Å²) in [4.78, 5) is 17.4. The molecule has 0 spiro atoms. The Hall–Kier alpha value is -2.55. The quantitative estimate of drug-likeness (QED) is 0.450. The largest absolute Gasteiger partial charge is 0.354 e. The van der Waals surface area contributed by atoms with Crippen LogP contribution in [-0.2, 0) is 4.79 Å². The van der Waals surface area contributed by atoms with E-state index in [1.165, 1.54) is 38.9 Å². The van der Waals surface area contributed by atoms with Crippen LogP contribution in [0.15, 0.2) is 48.6 Å². The Labute approximate surface area is 194 Å². The summed E-state index contributed by atoms with van der Waals surface area (Å²) in [5.74, 6) is 1.67. The number of likely N-dealkylation sites (tertiary alicyclic amines) is 1. The van der Waals surface area contributed by atoms with Crippen molar-refractivity contribution in [1.29, 1.82) is 0 Å². The van der Waals surface area contributed by atoms with Crippen LogP contribution in [0, 0.1) is 5.92 Å². The van der Waals surface area contributed by atoms with E-state index in [9.17, 15) is 4.79 Å². The molecule has 3 nitrogen and oxygen atoms in total. The Kier molecular flexibility index (Phi) is 7.82. The molecule has 2 aromatic rings. The van der Waals surface area contributed by atoms with E-state index in [0.29, 0.717) is 17.8 Å². The summed E-state index contributed by atoms with van der Waals surface area (Å²) >= 11 is 0. The summed E-state index contributed by atoms with van der Waals surface area (Å²) in [5, 5.41) is 1.33. The zero-order valence-corrected chi connectivity index (χ0v) is 20.8. The van der Waals surface area contributed by atoms with E-state index in [0.717, 1.165) is 32.4 Å². The summed E-state index contributed by atoms with van der Waals surface area (Å²) < 4.78 is 0. The predicted molar refractivity (Wildman–Crippen MR) is 138 cm³/mol. The van der Waals surface area contributed by atoms with Gasteiger partial charge in [-0.3, -0.25) is 4.79 Å². The number of carbonyl (C=O) groups is 1. The minimum absolute atomic E-state index is 0.193. The van der Waals surface area contributed by atoms with Gasteiger partial charge < -0.3 is 9.88 Å². The first kappa shape index (κ1) is 24.1. The molecule has 172 valence electrons. The molecule has 2 heterocycles. The molecular formula is C29H40N2O. The lowest BCUT2D eigenvalue weighted by Crippen LogP contribution is -2.36. The van der Waals surface area contributed by atoms with Crippen molar-refractivity contribution >= 4 is 22.4 Å². The van der Waals surface area contributed by atoms with Crippen LogP contribution in [0.1, 0.15) is 89.5 Å². The molecular weight excluding hydrogens is 392 g/mol. The second kappa shape index (κ2) is 10.4. The maximum absolute atomic E-state index is 11.7. The summed E-state index contributed by atoms with van der Waals surface area (Å²) in [6.45, 7) is 18.7. The van der Waals surface area contributed by atoms with E-state index in [4.69, 9.17) is 0 Å². The van der Waals surface area contributed by atoms with Gasteiger partial charge in [-0.2, -0.15) is 0 Å². The van der Waals surface area contributed by atoms with E-state index >= 15 is 0 Å². The van der Waals surface area contributed by atoms with Crippen molar-refractivity contribution in [2.45, 2.75) is 72.6 Å². The number of aromatic amines is 1. The van der Waals surface area contributed by atoms with Crippen molar-refractivity contribution in [3.63, 3.8) is 0 Å². The number of hydrogen-bond donors (Lipinski definition) is 1. The number of piperidine rings is 1. The van der Waals surface area contributed by atoms with E-state index < -0.39 is 0 Å². The smallest absolute Gasteiger partial charge is 0.219 e. The van der Waals surface area contributed by atoms with Crippen molar-refractivity contribution in [3.8, 4) is 0 Å². The average molecular weight is 433 g/mol. The predicted octanol–water partition coefficient (Wildman–Crippen LogP) is 7.58. The molecule has 3 heteroatoms. The first-order chi connectivity index (χ1) is 15.3. The zero-order chi connectivity index (χ0) is 23.4. The van der Waals surface area contributed by atoms with Gasteiger partial charge in [0.1, 0.15) is 0 Å². The van der Waals surface area contributed by atoms with Gasteiger partial charge in [0, 0.05) is 36.6 Å². The maximum Gasteiger partial charge on any atom is 0.219 e. The Morgan fingerprint density at radius 2 is 1.91 bits per heavy atom. The molecule has 1 aliphatic heterocycles. The number of nitrogens with zero attached hydrogens (tertiary/aromatic N) is 1. The monoisotopic (exact) mass is 432 g/mol. The van der Waals surface area contributed by atoms with Gasteiger partial charge in [-0.15, -0.1) is 0 Å². The fraction of sp³-hybridized carbons (Fsp3) is 0.483. The Morgan fingerprint density at radius 3 is 2.47 bits per heavy atom. The zero-order valence-electron chi connectivity index (χ0n) is 20.8. The number of benzene rings is 1. The van der Waals surface area contributed by atoms with E-state index in [-0.39, 0.29) is 5.91 Å². The Morgan fingerprint density at radius 1 is 1.22 bits per heavy atom. The molecule has 1 fully saturated rings. The number of nitrogens with one attached hydrogen (secondary N) is 1. The molecule has 1 unspecified atom stereocenters. The molecule has 1 aromatic carbocycles. The topological polar surface area (TPSA) is 36.1 Å². The summed E-state index contributed by atoms with van der Waals surface area (Å²) in [6, 6.07) is 6.92. The molecule has 32 heavy (non-hydrogen) atoms. The molecule has 0 aliphatic carbocycles. The number of carbonyl (C=O) groups excluding carboxylic acids is 1. The molecule has 0 saturated carbocycles.